The van der Waals surface area contributed by atoms with Crippen LogP contribution in [0.1, 0.15) is 6.85 Å². The number of rotatable bonds is 2. The van der Waals surface area contributed by atoms with E-state index in [2.05, 4.69) is 4.98 Å². The molecule has 3 rings (SSSR count). The normalized spacial score (nSPS) is 14.1. The molecule has 0 amide bonds. The molecule has 0 fully saturated rings. The second-order valence-electron chi connectivity index (χ2n) is 3.92. The molecule has 19 heavy (non-hydrogen) atoms. The fourth-order valence-corrected chi connectivity index (χ4v) is 1.97. The highest BCUT2D eigenvalue weighted by atomic mass is 35.5. The van der Waals surface area contributed by atoms with Crippen LogP contribution in [0.25, 0.3) is 22.5 Å². The summed E-state index contributed by atoms with van der Waals surface area (Å²) in [6, 6.07) is 10.7. The van der Waals surface area contributed by atoms with E-state index in [1.165, 1.54) is 6.07 Å². The monoisotopic (exact) mass is 270 g/mol. The van der Waals surface area contributed by atoms with Gasteiger partial charge in [0.1, 0.15) is 0 Å². The lowest BCUT2D eigenvalue weighted by atomic mass is 10.1. The van der Waals surface area contributed by atoms with E-state index >= 15 is 0 Å². The van der Waals surface area contributed by atoms with Crippen LogP contribution < -0.4 is 0 Å². The van der Waals surface area contributed by atoms with Gasteiger partial charge in [-0.05, 0) is 12.1 Å². The van der Waals surface area contributed by atoms with Gasteiger partial charge in [-0.15, -0.1) is 0 Å². The summed E-state index contributed by atoms with van der Waals surface area (Å²) in [4.78, 5) is 4.46. The van der Waals surface area contributed by atoms with Crippen molar-refractivity contribution in [3.8, 4) is 22.5 Å². The van der Waals surface area contributed by atoms with Gasteiger partial charge in [-0.3, -0.25) is 0 Å². The maximum absolute atomic E-state index is 8.06. The van der Waals surface area contributed by atoms with Crippen molar-refractivity contribution < 1.29 is 6.85 Å². The molecule has 0 aliphatic carbocycles. The first kappa shape index (κ1) is 7.46. The lowest BCUT2D eigenvalue weighted by molar-refractivity contribution is 1.32. The van der Waals surface area contributed by atoms with E-state index in [0.717, 1.165) is 5.56 Å². The van der Waals surface area contributed by atoms with Crippen molar-refractivity contribution in [2.45, 2.75) is 0 Å². The van der Waals surface area contributed by atoms with Gasteiger partial charge in [0.15, 0.2) is 0 Å². The van der Waals surface area contributed by atoms with Crippen LogP contribution in [-0.4, -0.2) is 4.98 Å². The summed E-state index contributed by atoms with van der Waals surface area (Å²) in [5.74, 6) is 0. The Morgan fingerprint density at radius 3 is 2.16 bits per heavy atom. The van der Waals surface area contributed by atoms with E-state index < -0.39 is 18.1 Å². The average Bonchev–Trinajstić information content (AvgIpc) is 2.59. The van der Waals surface area contributed by atoms with Crippen molar-refractivity contribution >= 4 is 11.6 Å². The van der Waals surface area contributed by atoms with Crippen LogP contribution in [0.4, 0.5) is 0 Å². The summed E-state index contributed by atoms with van der Waals surface area (Å²) >= 11 is 6.17. The van der Waals surface area contributed by atoms with E-state index in [4.69, 9.17) is 18.5 Å². The third-order valence-corrected chi connectivity index (χ3v) is 2.83. The van der Waals surface area contributed by atoms with E-state index in [1.807, 2.05) is 30.3 Å². The average molecular weight is 271 g/mol. The SMILES string of the molecule is [2H]c1c([2H])c([2H])c(-c2cc(Cl)cc(-c3ccccc3)n2)c([2H])c1[2H]. The molecule has 0 radical (unpaired) electrons. The molecule has 2 aromatic carbocycles. The minimum atomic E-state index is -0.431. The first-order valence-electron chi connectivity index (χ1n) is 8.20. The predicted octanol–water partition coefficient (Wildman–Crippen LogP) is 5.07. The van der Waals surface area contributed by atoms with Crippen molar-refractivity contribution in [2.75, 3.05) is 0 Å². The summed E-state index contributed by atoms with van der Waals surface area (Å²) in [7, 11) is 0. The number of hydrogen-bond acceptors (Lipinski definition) is 1. The van der Waals surface area contributed by atoms with Gasteiger partial charge in [-0.2, -0.15) is 0 Å². The molecule has 3 aromatic rings. The predicted molar refractivity (Wildman–Crippen MR) is 80.1 cm³/mol. The highest BCUT2D eigenvalue weighted by Gasteiger charge is 2.05. The molecule has 1 heterocycles. The third kappa shape index (κ3) is 2.67. The molecule has 1 nitrogen and oxygen atoms in total. The Kier molecular flexibility index (Phi) is 2.06. The Balaban J connectivity index is 2.27. The second-order valence-corrected chi connectivity index (χ2v) is 4.36. The smallest absolute Gasteiger partial charge is 0.0724 e. The number of nitrogens with zero attached hydrogens (tertiary/aromatic N) is 1. The zero-order valence-corrected chi connectivity index (χ0v) is 10.6. The first-order chi connectivity index (χ1) is 11.4. The Morgan fingerprint density at radius 2 is 1.47 bits per heavy atom. The number of halogens is 1. The van der Waals surface area contributed by atoms with E-state index in [9.17, 15) is 0 Å². The molecule has 1 aromatic heterocycles. The molecule has 0 aliphatic heterocycles. The standard InChI is InChI=1S/C17H12ClN/c18-15-11-16(13-7-3-1-4-8-13)19-17(12-15)14-9-5-2-6-10-14/h1-12H/i1D,3D,4D,7D,8D. The molecule has 0 spiro atoms. The summed E-state index contributed by atoms with van der Waals surface area (Å²) in [5.41, 5.74) is 1.69. The molecule has 0 N–H and O–H groups in total. The lowest BCUT2D eigenvalue weighted by Crippen LogP contribution is -1.88. The van der Waals surface area contributed by atoms with Gasteiger partial charge in [0.25, 0.3) is 0 Å². The zero-order valence-electron chi connectivity index (χ0n) is 14.9. The highest BCUT2D eigenvalue weighted by molar-refractivity contribution is 6.31. The van der Waals surface area contributed by atoms with Gasteiger partial charge in [-0.25, -0.2) is 4.98 Å². The van der Waals surface area contributed by atoms with Crippen molar-refractivity contribution in [3.05, 3.63) is 77.7 Å². The number of pyridine rings is 1. The summed E-state index contributed by atoms with van der Waals surface area (Å²) < 4.78 is 39.4. The van der Waals surface area contributed by atoms with Gasteiger partial charge in [0, 0.05) is 16.1 Å². The summed E-state index contributed by atoms with van der Waals surface area (Å²) in [5, 5.41) is 0.380. The van der Waals surface area contributed by atoms with Gasteiger partial charge in [0.05, 0.1) is 18.2 Å². The maximum Gasteiger partial charge on any atom is 0.0724 e. The molecule has 0 atom stereocenters. The van der Waals surface area contributed by atoms with Gasteiger partial charge in [-0.1, -0.05) is 72.1 Å². The molecule has 2 heteroatoms. The van der Waals surface area contributed by atoms with E-state index in [0.29, 0.717) is 10.7 Å². The van der Waals surface area contributed by atoms with Crippen LogP contribution in [-0.2, 0) is 0 Å². The quantitative estimate of drug-likeness (QED) is 0.634. The fourth-order valence-electron chi connectivity index (χ4n) is 1.76. The van der Waals surface area contributed by atoms with Crippen molar-refractivity contribution in [3.63, 3.8) is 0 Å². The molecule has 0 bridgehead atoms. The lowest BCUT2D eigenvalue weighted by Gasteiger charge is -2.06. The Morgan fingerprint density at radius 1 is 0.842 bits per heavy atom. The van der Waals surface area contributed by atoms with Crippen LogP contribution in [0.3, 0.4) is 0 Å². The topological polar surface area (TPSA) is 12.9 Å². The third-order valence-electron chi connectivity index (χ3n) is 2.62. The van der Waals surface area contributed by atoms with Crippen LogP contribution >= 0.6 is 11.6 Å². The van der Waals surface area contributed by atoms with Gasteiger partial charge in [0.2, 0.25) is 0 Å². The first-order valence-corrected chi connectivity index (χ1v) is 6.08. The number of benzene rings is 2. The maximum atomic E-state index is 8.06. The van der Waals surface area contributed by atoms with E-state index in [1.54, 1.807) is 6.07 Å². The Labute approximate surface area is 124 Å². The van der Waals surface area contributed by atoms with Crippen LogP contribution in [0, 0.1) is 0 Å². The largest absolute Gasteiger partial charge is 0.248 e. The second kappa shape index (κ2) is 5.25. The Bertz CT molecular complexity index is 899. The number of hydrogen-bond donors (Lipinski definition) is 0. The molecular weight excluding hydrogens is 254 g/mol. The molecule has 0 saturated heterocycles. The Hall–Kier alpha value is -2.12. The molecule has 0 saturated carbocycles. The van der Waals surface area contributed by atoms with Crippen LogP contribution in [0.15, 0.2) is 72.7 Å². The fraction of sp³-hybridized carbons (Fsp3) is 0. The molecule has 92 valence electrons. The minimum Gasteiger partial charge on any atom is -0.248 e. The summed E-state index contributed by atoms with van der Waals surface area (Å²) in [6.07, 6.45) is 0. The highest BCUT2D eigenvalue weighted by Crippen LogP contribution is 2.26. The summed E-state index contributed by atoms with van der Waals surface area (Å²) in [6.45, 7) is 0. The number of aromatic nitrogens is 1. The molecule has 0 unspecified atom stereocenters. The van der Waals surface area contributed by atoms with Crippen molar-refractivity contribution in [1.29, 1.82) is 0 Å². The zero-order chi connectivity index (χ0) is 17.4. The van der Waals surface area contributed by atoms with Crippen molar-refractivity contribution in [2.24, 2.45) is 0 Å². The van der Waals surface area contributed by atoms with Crippen LogP contribution in [0.2, 0.25) is 5.02 Å². The van der Waals surface area contributed by atoms with Gasteiger partial charge >= 0.3 is 0 Å². The molecular formula is C17H12ClN. The minimum absolute atomic E-state index is 0.0423. The molecule has 0 aliphatic rings. The van der Waals surface area contributed by atoms with Gasteiger partial charge < -0.3 is 0 Å². The van der Waals surface area contributed by atoms with Crippen molar-refractivity contribution in [1.82, 2.24) is 4.98 Å². The van der Waals surface area contributed by atoms with Crippen LogP contribution in [0.5, 0.6) is 0 Å². The van der Waals surface area contributed by atoms with E-state index in [-0.39, 0.29) is 23.3 Å².